The van der Waals surface area contributed by atoms with Crippen molar-refractivity contribution >= 4 is 29.0 Å². The fraction of sp³-hybridized carbons (Fsp3) is 0.280. The molecule has 1 aromatic heterocycles. The fourth-order valence-electron chi connectivity index (χ4n) is 4.37. The van der Waals surface area contributed by atoms with Gasteiger partial charge in [-0.1, -0.05) is 31.2 Å². The van der Waals surface area contributed by atoms with E-state index >= 15 is 0 Å². The number of fused-ring (bicyclic) bond motifs is 1. The molecule has 1 N–H and O–H groups in total. The van der Waals surface area contributed by atoms with Crippen molar-refractivity contribution in [3.05, 3.63) is 86.4 Å². The second-order valence-corrected chi connectivity index (χ2v) is 8.95. The van der Waals surface area contributed by atoms with Crippen molar-refractivity contribution in [2.75, 3.05) is 19.0 Å². The van der Waals surface area contributed by atoms with E-state index in [-0.39, 0.29) is 17.9 Å². The Morgan fingerprint density at radius 2 is 1.91 bits per heavy atom. The quantitative estimate of drug-likeness (QED) is 0.515. The van der Waals surface area contributed by atoms with E-state index in [1.807, 2.05) is 0 Å². The molecule has 0 radical (unpaired) electrons. The summed E-state index contributed by atoms with van der Waals surface area (Å²) < 4.78 is 18.5. The molecule has 2 aromatic carbocycles. The van der Waals surface area contributed by atoms with Gasteiger partial charge in [-0.15, -0.1) is 11.3 Å². The molecule has 5 nitrogen and oxygen atoms in total. The number of methoxy groups -OCH3 is 1. The number of halogens is 1. The number of nitrogens with zero attached hydrogens (tertiary/aromatic N) is 1. The summed E-state index contributed by atoms with van der Waals surface area (Å²) in [6.45, 7) is 4.77. The molecular weight excluding hydrogens is 427 g/mol. The average Bonchev–Trinajstić information content (AvgIpc) is 3.13. The molecule has 0 fully saturated rings. The predicted molar refractivity (Wildman–Crippen MR) is 124 cm³/mol. The largest absolute Gasteiger partial charge is 0.465 e. The van der Waals surface area contributed by atoms with E-state index in [1.54, 1.807) is 52.6 Å². The van der Waals surface area contributed by atoms with Crippen LogP contribution in [0, 0.1) is 12.7 Å². The Morgan fingerprint density at radius 1 is 1.19 bits per heavy atom. The number of rotatable bonds is 4. The number of benzene rings is 2. The first-order chi connectivity index (χ1) is 15.4. The SMILES string of the molecule is CCc1c(C)sc2c1CCN(C(=O)Nc1ccccc1C(=O)OC)[C@H]2c1ccc(F)cc1. The maximum absolute atomic E-state index is 13.6. The van der Waals surface area contributed by atoms with E-state index in [4.69, 9.17) is 4.74 Å². The highest BCUT2D eigenvalue weighted by molar-refractivity contribution is 7.12. The zero-order chi connectivity index (χ0) is 22.8. The Hall–Kier alpha value is -3.19. The molecule has 0 saturated carbocycles. The number of anilines is 1. The van der Waals surface area contributed by atoms with Crippen molar-refractivity contribution in [1.29, 1.82) is 0 Å². The second kappa shape index (κ2) is 9.12. The molecule has 4 rings (SSSR count). The molecule has 1 aliphatic heterocycles. The first-order valence-electron chi connectivity index (χ1n) is 10.6. The van der Waals surface area contributed by atoms with Crippen molar-refractivity contribution in [1.82, 2.24) is 4.90 Å². The Kier molecular flexibility index (Phi) is 6.28. The minimum Gasteiger partial charge on any atom is -0.465 e. The summed E-state index contributed by atoms with van der Waals surface area (Å²) in [4.78, 5) is 29.7. The van der Waals surface area contributed by atoms with Crippen LogP contribution in [0.4, 0.5) is 14.9 Å². The third kappa shape index (κ3) is 4.00. The maximum Gasteiger partial charge on any atom is 0.339 e. The van der Waals surface area contributed by atoms with E-state index in [2.05, 4.69) is 19.2 Å². The molecule has 0 aliphatic carbocycles. The van der Waals surface area contributed by atoms with Crippen LogP contribution >= 0.6 is 11.3 Å². The van der Waals surface area contributed by atoms with Crippen molar-refractivity contribution in [3.63, 3.8) is 0 Å². The number of para-hydroxylation sites is 1. The summed E-state index contributed by atoms with van der Waals surface area (Å²) >= 11 is 1.70. The van der Waals surface area contributed by atoms with Crippen molar-refractivity contribution < 1.29 is 18.7 Å². The number of carbonyl (C=O) groups excluding carboxylic acids is 2. The van der Waals surface area contributed by atoms with Gasteiger partial charge in [0.05, 0.1) is 24.4 Å². The Morgan fingerprint density at radius 3 is 2.59 bits per heavy atom. The molecule has 0 bridgehead atoms. The van der Waals surface area contributed by atoms with Gasteiger partial charge in [-0.3, -0.25) is 0 Å². The maximum atomic E-state index is 13.6. The highest BCUT2D eigenvalue weighted by atomic mass is 32.1. The van der Waals surface area contributed by atoms with Crippen LogP contribution < -0.4 is 5.32 Å². The molecule has 32 heavy (non-hydrogen) atoms. The average molecular weight is 453 g/mol. The molecule has 0 saturated heterocycles. The monoisotopic (exact) mass is 452 g/mol. The topological polar surface area (TPSA) is 58.6 Å². The normalized spacial score (nSPS) is 15.2. The van der Waals surface area contributed by atoms with E-state index < -0.39 is 5.97 Å². The van der Waals surface area contributed by atoms with Gasteiger partial charge in [0.1, 0.15) is 5.82 Å². The van der Waals surface area contributed by atoms with Crippen LogP contribution in [0.5, 0.6) is 0 Å². The summed E-state index contributed by atoms with van der Waals surface area (Å²) in [5, 5.41) is 2.89. The lowest BCUT2D eigenvalue weighted by Crippen LogP contribution is -2.42. The predicted octanol–water partition coefficient (Wildman–Crippen LogP) is 5.72. The van der Waals surface area contributed by atoms with Crippen LogP contribution in [0.3, 0.4) is 0 Å². The molecule has 3 aromatic rings. The van der Waals surface area contributed by atoms with Crippen molar-refractivity contribution in [2.45, 2.75) is 32.7 Å². The highest BCUT2D eigenvalue weighted by Crippen LogP contribution is 2.43. The van der Waals surface area contributed by atoms with Gasteiger partial charge in [0.25, 0.3) is 0 Å². The number of hydrogen-bond donors (Lipinski definition) is 1. The molecule has 0 unspecified atom stereocenters. The number of urea groups is 1. The zero-order valence-electron chi connectivity index (χ0n) is 18.3. The number of ether oxygens (including phenoxy) is 1. The summed E-state index contributed by atoms with van der Waals surface area (Å²) in [5.74, 6) is -0.831. The second-order valence-electron chi connectivity index (χ2n) is 7.70. The molecule has 7 heteroatoms. The highest BCUT2D eigenvalue weighted by Gasteiger charge is 2.35. The molecule has 1 atom stereocenters. The van der Waals surface area contributed by atoms with Crippen LogP contribution in [-0.2, 0) is 17.6 Å². The molecule has 166 valence electrons. The number of esters is 1. The molecule has 2 heterocycles. The summed E-state index contributed by atoms with van der Waals surface area (Å²) in [7, 11) is 1.31. The third-order valence-electron chi connectivity index (χ3n) is 5.89. The first-order valence-corrected chi connectivity index (χ1v) is 11.4. The smallest absolute Gasteiger partial charge is 0.339 e. The van der Waals surface area contributed by atoms with Crippen molar-refractivity contribution in [2.24, 2.45) is 0 Å². The number of thiophene rings is 1. The van der Waals surface area contributed by atoms with Crippen LogP contribution in [0.15, 0.2) is 48.5 Å². The Bertz CT molecular complexity index is 1160. The molecular formula is C25H25FN2O3S. The summed E-state index contributed by atoms with van der Waals surface area (Å²) in [5.41, 5.74) is 4.17. The van der Waals surface area contributed by atoms with Gasteiger partial charge in [-0.05, 0) is 60.7 Å². The van der Waals surface area contributed by atoms with Gasteiger partial charge in [0.15, 0.2) is 0 Å². The first kappa shape index (κ1) is 22.0. The van der Waals surface area contributed by atoms with Gasteiger partial charge in [-0.25, -0.2) is 14.0 Å². The van der Waals surface area contributed by atoms with Gasteiger partial charge in [0, 0.05) is 16.3 Å². The lowest BCUT2D eigenvalue weighted by atomic mass is 9.92. The number of amides is 2. The van der Waals surface area contributed by atoms with E-state index in [0.717, 1.165) is 23.3 Å². The third-order valence-corrected chi connectivity index (χ3v) is 7.13. The zero-order valence-corrected chi connectivity index (χ0v) is 19.1. The number of nitrogens with one attached hydrogen (secondary N) is 1. The van der Waals surface area contributed by atoms with Gasteiger partial charge >= 0.3 is 12.0 Å². The fourth-order valence-corrected chi connectivity index (χ4v) is 5.82. The lowest BCUT2D eigenvalue weighted by Gasteiger charge is -2.36. The van der Waals surface area contributed by atoms with E-state index in [9.17, 15) is 14.0 Å². The molecule has 1 aliphatic rings. The summed E-state index contributed by atoms with van der Waals surface area (Å²) in [6, 6.07) is 12.4. The van der Waals surface area contributed by atoms with E-state index in [0.29, 0.717) is 17.8 Å². The Balaban J connectivity index is 1.73. The minimum absolute atomic E-state index is 0.291. The van der Waals surface area contributed by atoms with Crippen molar-refractivity contribution in [3.8, 4) is 0 Å². The number of carbonyl (C=O) groups is 2. The number of hydrogen-bond acceptors (Lipinski definition) is 4. The lowest BCUT2D eigenvalue weighted by molar-refractivity contribution is 0.0602. The van der Waals surface area contributed by atoms with Crippen LogP contribution in [0.2, 0.25) is 0 Å². The van der Waals surface area contributed by atoms with E-state index in [1.165, 1.54) is 35.2 Å². The van der Waals surface area contributed by atoms with Gasteiger partial charge < -0.3 is 15.0 Å². The van der Waals surface area contributed by atoms with Crippen LogP contribution in [-0.4, -0.2) is 30.6 Å². The van der Waals surface area contributed by atoms with Crippen LogP contribution in [0.25, 0.3) is 0 Å². The van der Waals surface area contributed by atoms with Gasteiger partial charge in [-0.2, -0.15) is 0 Å². The molecule has 0 spiro atoms. The van der Waals surface area contributed by atoms with Crippen LogP contribution in [0.1, 0.15) is 49.8 Å². The summed E-state index contributed by atoms with van der Waals surface area (Å²) in [6.07, 6.45) is 1.69. The molecule has 2 amide bonds. The Labute approximate surface area is 190 Å². The minimum atomic E-state index is -0.515. The number of aryl methyl sites for hydroxylation is 1. The van der Waals surface area contributed by atoms with Gasteiger partial charge in [0.2, 0.25) is 0 Å². The standard InChI is InChI=1S/C25H25FN2O3S/c1-4-18-15(2)32-23-19(18)13-14-28(22(23)16-9-11-17(26)12-10-16)25(30)27-21-8-6-5-7-20(21)24(29)31-3/h5-12,22H,4,13-14H2,1-3H3,(H,27,30)/t22-/m0/s1.